The van der Waals surface area contributed by atoms with E-state index in [-0.39, 0.29) is 29.1 Å². The maximum absolute atomic E-state index is 14.2. The van der Waals surface area contributed by atoms with Gasteiger partial charge in [-0.05, 0) is 87.0 Å². The van der Waals surface area contributed by atoms with Crippen LogP contribution in [0, 0.1) is 0 Å². The highest BCUT2D eigenvalue weighted by Crippen LogP contribution is 2.33. The fourth-order valence-corrected chi connectivity index (χ4v) is 7.18. The molecule has 43 heavy (non-hydrogen) atoms. The maximum atomic E-state index is 14.2. The van der Waals surface area contributed by atoms with Crippen LogP contribution in [-0.2, 0) is 26.2 Å². The minimum atomic E-state index is -4.22. The number of amides is 2. The third-order valence-corrected chi connectivity index (χ3v) is 10.2. The molecule has 230 valence electrons. The van der Waals surface area contributed by atoms with Gasteiger partial charge in [-0.1, -0.05) is 48.7 Å². The van der Waals surface area contributed by atoms with Crippen LogP contribution in [0.1, 0.15) is 45.1 Å². The van der Waals surface area contributed by atoms with Gasteiger partial charge >= 0.3 is 0 Å². The van der Waals surface area contributed by atoms with Crippen molar-refractivity contribution in [3.63, 3.8) is 0 Å². The minimum Gasteiger partial charge on any atom is -0.492 e. The molecule has 4 rings (SSSR count). The number of thioether (sulfide) groups is 1. The second kappa shape index (κ2) is 15.0. The van der Waals surface area contributed by atoms with Crippen LogP contribution in [0.15, 0.2) is 82.6 Å². The molecule has 3 aromatic carbocycles. The van der Waals surface area contributed by atoms with Crippen molar-refractivity contribution in [2.75, 3.05) is 23.7 Å². The number of ether oxygens (including phenoxy) is 1. The number of carbonyl (C=O) groups is 2. The number of sulfonamides is 1. The van der Waals surface area contributed by atoms with E-state index in [1.165, 1.54) is 28.8 Å². The van der Waals surface area contributed by atoms with Gasteiger partial charge in [-0.25, -0.2) is 8.42 Å². The zero-order valence-corrected chi connectivity index (χ0v) is 27.1. The molecular formula is C32H38ClN3O5S2. The third kappa shape index (κ3) is 8.25. The summed E-state index contributed by atoms with van der Waals surface area (Å²) in [6.07, 6.45) is 5.81. The number of nitrogens with one attached hydrogen (secondary N) is 1. The average molecular weight is 644 g/mol. The number of anilines is 1. The van der Waals surface area contributed by atoms with E-state index in [0.717, 1.165) is 40.4 Å². The van der Waals surface area contributed by atoms with Crippen LogP contribution in [0.3, 0.4) is 0 Å². The molecule has 0 radical (unpaired) electrons. The molecule has 0 spiro atoms. The van der Waals surface area contributed by atoms with Crippen molar-refractivity contribution < 1.29 is 22.7 Å². The molecule has 1 N–H and O–H groups in total. The summed E-state index contributed by atoms with van der Waals surface area (Å²) < 4.78 is 35.2. The second-order valence-electron chi connectivity index (χ2n) is 10.4. The van der Waals surface area contributed by atoms with Gasteiger partial charge in [-0.2, -0.15) is 0 Å². The Bertz CT molecular complexity index is 1510. The van der Waals surface area contributed by atoms with Crippen LogP contribution in [0.2, 0.25) is 5.02 Å². The van der Waals surface area contributed by atoms with Crippen molar-refractivity contribution in [3.05, 3.63) is 83.4 Å². The topological polar surface area (TPSA) is 96.0 Å². The maximum Gasteiger partial charge on any atom is 0.264 e. The van der Waals surface area contributed by atoms with Gasteiger partial charge in [-0.3, -0.25) is 13.9 Å². The van der Waals surface area contributed by atoms with Gasteiger partial charge in [0.2, 0.25) is 11.8 Å². The van der Waals surface area contributed by atoms with Gasteiger partial charge in [0.25, 0.3) is 10.0 Å². The first-order chi connectivity index (χ1) is 20.6. The van der Waals surface area contributed by atoms with Crippen LogP contribution in [-0.4, -0.2) is 56.6 Å². The number of hydrogen-bond acceptors (Lipinski definition) is 6. The first kappa shape index (κ1) is 32.7. The Morgan fingerprint density at radius 3 is 2.40 bits per heavy atom. The normalized spacial score (nSPS) is 14.2. The van der Waals surface area contributed by atoms with E-state index < -0.39 is 28.5 Å². The SMILES string of the molecule is CCOc1ccccc1N(CC(=O)N(Cc1cccc(Cl)c1)[C@@H](C)C(=O)NC1CCCC1)S(=O)(=O)c1ccc(SC)cc1. The summed E-state index contributed by atoms with van der Waals surface area (Å²) in [7, 11) is -4.22. The molecule has 11 heteroatoms. The molecule has 0 aliphatic heterocycles. The lowest BCUT2D eigenvalue weighted by Gasteiger charge is -2.33. The molecule has 8 nitrogen and oxygen atoms in total. The summed E-state index contributed by atoms with van der Waals surface area (Å²) in [6.45, 7) is 3.31. The van der Waals surface area contributed by atoms with Crippen molar-refractivity contribution in [3.8, 4) is 5.75 Å². The fraction of sp³-hybridized carbons (Fsp3) is 0.375. The molecule has 1 atom stereocenters. The summed E-state index contributed by atoms with van der Waals surface area (Å²) in [5, 5.41) is 3.57. The lowest BCUT2D eigenvalue weighted by atomic mass is 10.1. The Labute approximate surface area is 263 Å². The molecule has 1 fully saturated rings. The minimum absolute atomic E-state index is 0.0396. The van der Waals surface area contributed by atoms with E-state index in [1.807, 2.05) is 12.3 Å². The standard InChI is InChI=1S/C32H38ClN3O5S2/c1-4-41-30-15-8-7-14-29(30)36(43(39,40)28-18-16-27(42-3)17-19-28)22-31(37)35(21-24-10-9-11-25(33)20-24)23(2)32(38)34-26-12-5-6-13-26/h7-11,14-20,23,26H,4-6,12-13,21-22H2,1-3H3,(H,34,38)/t23-/m0/s1. The van der Waals surface area contributed by atoms with Gasteiger partial charge in [0.1, 0.15) is 18.3 Å². The molecule has 1 aliphatic carbocycles. The van der Waals surface area contributed by atoms with Crippen LogP contribution in [0.5, 0.6) is 5.75 Å². The van der Waals surface area contributed by atoms with Crippen LogP contribution < -0.4 is 14.4 Å². The molecule has 2 amide bonds. The predicted octanol–water partition coefficient (Wildman–Crippen LogP) is 6.13. The molecule has 0 aromatic heterocycles. The molecule has 1 aliphatic rings. The van der Waals surface area contributed by atoms with Gasteiger partial charge < -0.3 is 15.0 Å². The van der Waals surface area contributed by atoms with E-state index in [9.17, 15) is 18.0 Å². The molecular weight excluding hydrogens is 606 g/mol. The predicted molar refractivity (Wildman–Crippen MR) is 172 cm³/mol. The highest BCUT2D eigenvalue weighted by Gasteiger charge is 2.34. The highest BCUT2D eigenvalue weighted by molar-refractivity contribution is 7.98. The van der Waals surface area contributed by atoms with E-state index in [4.69, 9.17) is 16.3 Å². The smallest absolute Gasteiger partial charge is 0.264 e. The monoisotopic (exact) mass is 643 g/mol. The number of para-hydroxylation sites is 2. The van der Waals surface area contributed by atoms with Gasteiger partial charge in [-0.15, -0.1) is 11.8 Å². The first-order valence-corrected chi connectivity index (χ1v) is 17.4. The lowest BCUT2D eigenvalue weighted by molar-refractivity contribution is -0.139. The molecule has 1 saturated carbocycles. The van der Waals surface area contributed by atoms with Crippen LogP contribution in [0.4, 0.5) is 5.69 Å². The molecule has 0 bridgehead atoms. The van der Waals surface area contributed by atoms with Crippen molar-refractivity contribution in [2.45, 2.75) is 68.0 Å². The summed E-state index contributed by atoms with van der Waals surface area (Å²) in [4.78, 5) is 30.0. The number of nitrogens with zero attached hydrogens (tertiary/aromatic N) is 2. The summed E-state index contributed by atoms with van der Waals surface area (Å²) in [6, 6.07) is 19.5. The highest BCUT2D eigenvalue weighted by atomic mass is 35.5. The lowest BCUT2D eigenvalue weighted by Crippen LogP contribution is -2.52. The number of carbonyl (C=O) groups excluding carboxylic acids is 2. The van der Waals surface area contributed by atoms with Crippen molar-refractivity contribution in [1.82, 2.24) is 10.2 Å². The van der Waals surface area contributed by atoms with Gasteiger partial charge in [0.05, 0.1) is 17.2 Å². The first-order valence-electron chi connectivity index (χ1n) is 14.4. The summed E-state index contributed by atoms with van der Waals surface area (Å²) in [5.41, 5.74) is 0.954. The van der Waals surface area contributed by atoms with Crippen molar-refractivity contribution >= 4 is 50.9 Å². The molecule has 0 unspecified atom stereocenters. The van der Waals surface area contributed by atoms with Crippen molar-refractivity contribution in [1.29, 1.82) is 0 Å². The van der Waals surface area contributed by atoms with Gasteiger partial charge in [0.15, 0.2) is 0 Å². The third-order valence-electron chi connectivity index (χ3n) is 7.47. The molecule has 0 heterocycles. The quantitative estimate of drug-likeness (QED) is 0.225. The molecule has 3 aromatic rings. The Hall–Kier alpha value is -3.21. The summed E-state index contributed by atoms with van der Waals surface area (Å²) >= 11 is 7.74. The zero-order valence-electron chi connectivity index (χ0n) is 24.7. The number of benzene rings is 3. The fourth-order valence-electron chi connectivity index (χ4n) is 5.14. The largest absolute Gasteiger partial charge is 0.492 e. The Morgan fingerprint density at radius 1 is 1.05 bits per heavy atom. The number of halogens is 1. The van der Waals surface area contributed by atoms with Crippen molar-refractivity contribution in [2.24, 2.45) is 0 Å². The number of rotatable bonds is 13. The second-order valence-corrected chi connectivity index (χ2v) is 13.6. The average Bonchev–Trinajstić information content (AvgIpc) is 3.52. The van der Waals surface area contributed by atoms with E-state index in [0.29, 0.717) is 17.4 Å². The Kier molecular flexibility index (Phi) is 11.4. The van der Waals surface area contributed by atoms with E-state index in [1.54, 1.807) is 68.4 Å². The Morgan fingerprint density at radius 2 is 1.74 bits per heavy atom. The van der Waals surface area contributed by atoms with Gasteiger partial charge in [0, 0.05) is 22.5 Å². The Balaban J connectivity index is 1.73. The van der Waals surface area contributed by atoms with Crippen LogP contribution >= 0.6 is 23.4 Å². The van der Waals surface area contributed by atoms with E-state index in [2.05, 4.69) is 5.32 Å². The van der Waals surface area contributed by atoms with E-state index >= 15 is 0 Å². The summed E-state index contributed by atoms with van der Waals surface area (Å²) in [5.74, 6) is -0.487. The van der Waals surface area contributed by atoms with Crippen LogP contribution in [0.25, 0.3) is 0 Å². The zero-order chi connectivity index (χ0) is 31.0. The number of hydrogen-bond donors (Lipinski definition) is 1. The molecule has 0 saturated heterocycles.